The van der Waals surface area contributed by atoms with E-state index in [9.17, 15) is 0 Å². The maximum Gasteiger partial charge on any atom is 0.147 e. The summed E-state index contributed by atoms with van der Waals surface area (Å²) < 4.78 is 2.05. The molecule has 2 aromatic rings. The molecule has 12 heavy (non-hydrogen) atoms. The highest BCUT2D eigenvalue weighted by Crippen LogP contribution is 2.21. The van der Waals surface area contributed by atoms with Crippen LogP contribution in [0.4, 0.5) is 5.82 Å². The smallest absolute Gasteiger partial charge is 0.147 e. The molecule has 62 valence electrons. The number of anilines is 1. The highest BCUT2D eigenvalue weighted by Gasteiger charge is 2.04. The van der Waals surface area contributed by atoms with Crippen molar-refractivity contribution in [1.82, 2.24) is 9.55 Å². The second kappa shape index (κ2) is 2.24. The van der Waals surface area contributed by atoms with Gasteiger partial charge in [0, 0.05) is 24.3 Å². The van der Waals surface area contributed by atoms with Crippen molar-refractivity contribution in [3.63, 3.8) is 0 Å². The van der Waals surface area contributed by atoms with Crippen molar-refractivity contribution in [1.29, 1.82) is 0 Å². The van der Waals surface area contributed by atoms with Crippen molar-refractivity contribution in [2.75, 3.05) is 5.73 Å². The summed E-state index contributed by atoms with van der Waals surface area (Å²) in [5, 5.41) is 1.16. The molecule has 0 radical (unpaired) electrons. The fourth-order valence-electron chi connectivity index (χ4n) is 1.47. The Labute approximate surface area is 70.8 Å². The molecule has 0 fully saturated rings. The Morgan fingerprint density at radius 1 is 1.50 bits per heavy atom. The monoisotopic (exact) mass is 161 g/mol. The first kappa shape index (κ1) is 7.16. The number of aromatic nitrogens is 2. The van der Waals surface area contributed by atoms with E-state index in [2.05, 4.69) is 22.5 Å². The summed E-state index contributed by atoms with van der Waals surface area (Å²) in [4.78, 5) is 4.04. The van der Waals surface area contributed by atoms with E-state index in [1.54, 1.807) is 6.20 Å². The molecule has 0 saturated carbocycles. The van der Waals surface area contributed by atoms with Crippen molar-refractivity contribution in [2.45, 2.75) is 6.92 Å². The summed E-state index contributed by atoms with van der Waals surface area (Å²) in [6, 6.07) is 4.08. The molecular weight excluding hydrogens is 150 g/mol. The third kappa shape index (κ3) is 0.794. The summed E-state index contributed by atoms with van der Waals surface area (Å²) in [5.74, 6) is 0.600. The van der Waals surface area contributed by atoms with Crippen LogP contribution < -0.4 is 5.73 Å². The van der Waals surface area contributed by atoms with E-state index in [1.165, 1.54) is 5.69 Å². The van der Waals surface area contributed by atoms with Crippen LogP contribution in [0.2, 0.25) is 0 Å². The maximum atomic E-state index is 5.74. The van der Waals surface area contributed by atoms with Crippen molar-refractivity contribution in [3.05, 3.63) is 24.0 Å². The molecule has 3 nitrogen and oxygen atoms in total. The number of nitrogens with two attached hydrogens (primary N) is 1. The van der Waals surface area contributed by atoms with E-state index in [0.29, 0.717) is 5.82 Å². The first-order valence-corrected chi connectivity index (χ1v) is 3.86. The van der Waals surface area contributed by atoms with Gasteiger partial charge in [0.25, 0.3) is 0 Å². The van der Waals surface area contributed by atoms with Gasteiger partial charge in [-0.3, -0.25) is 0 Å². The van der Waals surface area contributed by atoms with Crippen molar-refractivity contribution in [3.8, 4) is 0 Å². The molecule has 0 saturated heterocycles. The molecule has 0 unspecified atom stereocenters. The quantitative estimate of drug-likeness (QED) is 0.635. The molecule has 0 atom stereocenters. The second-order valence-corrected chi connectivity index (χ2v) is 2.98. The lowest BCUT2D eigenvalue weighted by molar-refractivity contribution is 0.917. The SMILES string of the molecule is Cc1cc2ccnc(N)c2n1C. The summed E-state index contributed by atoms with van der Waals surface area (Å²) in [7, 11) is 2.00. The van der Waals surface area contributed by atoms with Gasteiger partial charge in [-0.25, -0.2) is 4.98 Å². The van der Waals surface area contributed by atoms with Crippen molar-refractivity contribution >= 4 is 16.7 Å². The highest BCUT2D eigenvalue weighted by atomic mass is 15.0. The average molecular weight is 161 g/mol. The fraction of sp³-hybridized carbons (Fsp3) is 0.222. The van der Waals surface area contributed by atoms with E-state index >= 15 is 0 Å². The van der Waals surface area contributed by atoms with Gasteiger partial charge >= 0.3 is 0 Å². The van der Waals surface area contributed by atoms with Crippen LogP contribution in [0.15, 0.2) is 18.3 Å². The van der Waals surface area contributed by atoms with Crippen LogP contribution in [0.25, 0.3) is 10.9 Å². The Morgan fingerprint density at radius 3 is 2.92 bits per heavy atom. The number of fused-ring (bicyclic) bond motifs is 1. The highest BCUT2D eigenvalue weighted by molar-refractivity contribution is 5.89. The standard InChI is InChI=1S/C9H11N3/c1-6-5-7-3-4-11-9(10)8(7)12(6)2/h3-5H,1-2H3,(H2,10,11). The van der Waals surface area contributed by atoms with Crippen LogP contribution >= 0.6 is 0 Å². The Balaban J connectivity index is 2.97. The molecule has 2 N–H and O–H groups in total. The largest absolute Gasteiger partial charge is 0.382 e. The molecule has 0 spiro atoms. The van der Waals surface area contributed by atoms with E-state index < -0.39 is 0 Å². The second-order valence-electron chi connectivity index (χ2n) is 2.98. The topological polar surface area (TPSA) is 43.8 Å². The minimum atomic E-state index is 0.600. The summed E-state index contributed by atoms with van der Waals surface area (Å²) in [6.45, 7) is 2.06. The molecule has 0 amide bonds. The summed E-state index contributed by atoms with van der Waals surface area (Å²) in [6.07, 6.45) is 1.73. The van der Waals surface area contributed by atoms with Crippen LogP contribution in [0.3, 0.4) is 0 Å². The summed E-state index contributed by atoms with van der Waals surface area (Å²) >= 11 is 0. The number of nitrogen functional groups attached to an aromatic ring is 1. The first-order chi connectivity index (χ1) is 5.70. The molecule has 0 bridgehead atoms. The predicted octanol–water partition coefficient (Wildman–Crippen LogP) is 1.46. The fourth-order valence-corrected chi connectivity index (χ4v) is 1.47. The van der Waals surface area contributed by atoms with Gasteiger partial charge in [-0.1, -0.05) is 0 Å². The van der Waals surface area contributed by atoms with E-state index in [-0.39, 0.29) is 0 Å². The third-order valence-electron chi connectivity index (χ3n) is 2.21. The normalized spacial score (nSPS) is 10.8. The van der Waals surface area contributed by atoms with Crippen LogP contribution in [0.5, 0.6) is 0 Å². The maximum absolute atomic E-state index is 5.74. The Hall–Kier alpha value is -1.51. The lowest BCUT2D eigenvalue weighted by Gasteiger charge is -2.00. The third-order valence-corrected chi connectivity index (χ3v) is 2.21. The Morgan fingerprint density at radius 2 is 2.25 bits per heavy atom. The van der Waals surface area contributed by atoms with Crippen LogP contribution in [0.1, 0.15) is 5.69 Å². The molecule has 0 aliphatic rings. The van der Waals surface area contributed by atoms with E-state index in [4.69, 9.17) is 5.73 Å². The number of pyridine rings is 1. The van der Waals surface area contributed by atoms with Gasteiger partial charge < -0.3 is 10.3 Å². The van der Waals surface area contributed by atoms with Crippen LogP contribution in [-0.2, 0) is 7.05 Å². The van der Waals surface area contributed by atoms with Gasteiger partial charge in [-0.05, 0) is 19.1 Å². The number of nitrogens with zero attached hydrogens (tertiary/aromatic N) is 2. The number of hydrogen-bond donors (Lipinski definition) is 1. The van der Waals surface area contributed by atoms with E-state index in [1.807, 2.05) is 13.1 Å². The lowest BCUT2D eigenvalue weighted by atomic mass is 10.3. The number of rotatable bonds is 0. The molecular formula is C9H11N3. The van der Waals surface area contributed by atoms with E-state index in [0.717, 1.165) is 10.9 Å². The van der Waals surface area contributed by atoms with Crippen molar-refractivity contribution in [2.24, 2.45) is 7.05 Å². The molecule has 2 aromatic heterocycles. The molecule has 2 heterocycles. The average Bonchev–Trinajstić information content (AvgIpc) is 2.29. The Kier molecular flexibility index (Phi) is 1.33. The zero-order valence-corrected chi connectivity index (χ0v) is 7.20. The van der Waals surface area contributed by atoms with Gasteiger partial charge in [0.15, 0.2) is 0 Å². The predicted molar refractivity (Wildman–Crippen MR) is 49.9 cm³/mol. The van der Waals surface area contributed by atoms with Gasteiger partial charge in [0.2, 0.25) is 0 Å². The first-order valence-electron chi connectivity index (χ1n) is 3.86. The zero-order valence-electron chi connectivity index (χ0n) is 7.20. The minimum Gasteiger partial charge on any atom is -0.382 e. The zero-order chi connectivity index (χ0) is 8.72. The Bertz CT molecular complexity index is 429. The number of hydrogen-bond acceptors (Lipinski definition) is 2. The van der Waals surface area contributed by atoms with Gasteiger partial charge in [-0.15, -0.1) is 0 Å². The van der Waals surface area contributed by atoms with Gasteiger partial charge in [-0.2, -0.15) is 0 Å². The molecule has 3 heteroatoms. The molecule has 0 aliphatic heterocycles. The molecule has 0 aromatic carbocycles. The van der Waals surface area contributed by atoms with Gasteiger partial charge in [0.1, 0.15) is 5.82 Å². The van der Waals surface area contributed by atoms with Gasteiger partial charge in [0.05, 0.1) is 5.52 Å². The summed E-state index contributed by atoms with van der Waals surface area (Å²) in [5.41, 5.74) is 7.96. The van der Waals surface area contributed by atoms with Crippen LogP contribution in [-0.4, -0.2) is 9.55 Å². The molecule has 0 aliphatic carbocycles. The van der Waals surface area contributed by atoms with Crippen molar-refractivity contribution < 1.29 is 0 Å². The molecule has 2 rings (SSSR count). The van der Waals surface area contributed by atoms with Crippen LogP contribution in [0, 0.1) is 6.92 Å². The number of aryl methyl sites for hydroxylation is 2. The lowest BCUT2D eigenvalue weighted by Crippen LogP contribution is -1.96. The minimum absolute atomic E-state index is 0.600.